The fourth-order valence-corrected chi connectivity index (χ4v) is 9.07. The minimum absolute atomic E-state index is 0.00952. The third-order valence-electron chi connectivity index (χ3n) is 11.5. The van der Waals surface area contributed by atoms with E-state index in [4.69, 9.17) is 9.57 Å². The predicted molar refractivity (Wildman–Crippen MR) is 153 cm³/mol. The highest BCUT2D eigenvalue weighted by atomic mass is 16.6. The summed E-state index contributed by atoms with van der Waals surface area (Å²) in [5, 5.41) is 27.7. The van der Waals surface area contributed by atoms with Crippen molar-refractivity contribution in [3.05, 3.63) is 23.8 Å². The normalized spacial score (nSPS) is 41.8. The van der Waals surface area contributed by atoms with E-state index in [2.05, 4.69) is 36.5 Å². The van der Waals surface area contributed by atoms with Crippen LogP contribution in [-0.2, 0) is 19.2 Å². The molecular formula is C32H48N2O6. The molecule has 3 saturated carbocycles. The minimum Gasteiger partial charge on any atom is -0.481 e. The van der Waals surface area contributed by atoms with E-state index >= 15 is 0 Å². The molecule has 8 heteroatoms. The topological polar surface area (TPSA) is 117 Å². The number of carboxylic acids is 1. The van der Waals surface area contributed by atoms with Crippen LogP contribution in [0.15, 0.2) is 29.0 Å². The SMILES string of the molecule is CC1(C)C[C@@H]([C@H](CC(=O)O)NC(=O)CO/N=C2/C=C[C@@]3(C)C(=C2)CC[C@@H]2[C@@H]3CC[C@@]3(C)[C@H]2CC[C@]3(C)O)CCO1. The first-order chi connectivity index (χ1) is 18.7. The molecule has 4 aliphatic carbocycles. The Morgan fingerprint density at radius 2 is 1.88 bits per heavy atom. The van der Waals surface area contributed by atoms with Crippen LogP contribution in [0.2, 0.25) is 0 Å². The van der Waals surface area contributed by atoms with Crippen LogP contribution in [0.1, 0.15) is 92.4 Å². The number of nitrogens with one attached hydrogen (secondary N) is 1. The van der Waals surface area contributed by atoms with E-state index < -0.39 is 17.6 Å². The molecule has 1 amide bonds. The number of hydrogen-bond acceptors (Lipinski definition) is 6. The van der Waals surface area contributed by atoms with E-state index in [0.717, 1.165) is 38.5 Å². The smallest absolute Gasteiger partial charge is 0.305 e. The highest BCUT2D eigenvalue weighted by molar-refractivity contribution is 6.05. The lowest BCUT2D eigenvalue weighted by atomic mass is 9.47. The van der Waals surface area contributed by atoms with Gasteiger partial charge in [-0.2, -0.15) is 0 Å². The van der Waals surface area contributed by atoms with Crippen LogP contribution in [-0.4, -0.2) is 58.3 Å². The van der Waals surface area contributed by atoms with E-state index in [1.807, 2.05) is 26.8 Å². The first-order valence-electron chi connectivity index (χ1n) is 15.2. The standard InChI is InChI=1S/C32H48N2O6/c1-29(2)18-20(11-15-39-29)26(17-28(36)37)33-27(35)19-40-34-22-8-12-30(3)21(16-22)6-7-23-24(30)9-13-31(4)25(23)10-14-32(31,5)38/h8,12,16,20,23-26,38H,6-7,9-11,13-15,17-19H2,1-5H3,(H,33,35)(H,36,37)/b34-22-/t20-,23+,24-,25-,26-,30-,31-,32-/m0/s1. The van der Waals surface area contributed by atoms with Gasteiger partial charge in [0.15, 0.2) is 6.61 Å². The van der Waals surface area contributed by atoms with Crippen LogP contribution in [0.25, 0.3) is 0 Å². The molecule has 0 radical (unpaired) electrons. The number of oxime groups is 1. The van der Waals surface area contributed by atoms with Gasteiger partial charge < -0.3 is 25.1 Å². The Balaban J connectivity index is 1.19. The molecule has 0 aromatic heterocycles. The van der Waals surface area contributed by atoms with Crippen molar-refractivity contribution in [2.75, 3.05) is 13.2 Å². The highest BCUT2D eigenvalue weighted by Crippen LogP contribution is 2.66. The Bertz CT molecular complexity index is 1110. The Kier molecular flexibility index (Phi) is 7.75. The van der Waals surface area contributed by atoms with Crippen LogP contribution in [0.5, 0.6) is 0 Å². The van der Waals surface area contributed by atoms with Gasteiger partial charge in [-0.25, -0.2) is 0 Å². The average Bonchev–Trinajstić information content (AvgIpc) is 3.11. The van der Waals surface area contributed by atoms with Crippen molar-refractivity contribution in [2.24, 2.45) is 39.7 Å². The fraction of sp³-hybridized carbons (Fsp3) is 0.781. The Morgan fingerprint density at radius 1 is 1.12 bits per heavy atom. The van der Waals surface area contributed by atoms with Crippen molar-refractivity contribution in [3.8, 4) is 0 Å². The maximum absolute atomic E-state index is 12.7. The minimum atomic E-state index is -0.937. The molecule has 4 fully saturated rings. The van der Waals surface area contributed by atoms with Gasteiger partial charge in [0.1, 0.15) is 5.71 Å². The number of carbonyl (C=O) groups is 2. The Labute approximate surface area is 238 Å². The summed E-state index contributed by atoms with van der Waals surface area (Å²) in [7, 11) is 0. The molecule has 0 aromatic rings. The van der Waals surface area contributed by atoms with Gasteiger partial charge in [-0.15, -0.1) is 0 Å². The fourth-order valence-electron chi connectivity index (χ4n) is 9.07. The highest BCUT2D eigenvalue weighted by Gasteiger charge is 2.62. The van der Waals surface area contributed by atoms with Gasteiger partial charge in [0.05, 0.1) is 17.6 Å². The second-order valence-electron chi connectivity index (χ2n) is 14.4. The summed E-state index contributed by atoms with van der Waals surface area (Å²) in [6, 6.07) is -0.474. The van der Waals surface area contributed by atoms with Gasteiger partial charge >= 0.3 is 5.97 Å². The molecule has 0 unspecified atom stereocenters. The lowest BCUT2D eigenvalue weighted by Gasteiger charge is -2.58. The quantitative estimate of drug-likeness (QED) is 0.380. The van der Waals surface area contributed by atoms with Crippen molar-refractivity contribution < 1.29 is 29.4 Å². The molecule has 0 bridgehead atoms. The molecular weight excluding hydrogens is 508 g/mol. The monoisotopic (exact) mass is 556 g/mol. The van der Waals surface area contributed by atoms with Crippen molar-refractivity contribution in [1.29, 1.82) is 0 Å². The van der Waals surface area contributed by atoms with Crippen molar-refractivity contribution >= 4 is 17.6 Å². The zero-order valence-corrected chi connectivity index (χ0v) is 24.9. The van der Waals surface area contributed by atoms with Gasteiger partial charge in [-0.1, -0.05) is 30.7 Å². The van der Waals surface area contributed by atoms with E-state index in [1.165, 1.54) is 5.57 Å². The molecule has 8 nitrogen and oxygen atoms in total. The summed E-state index contributed by atoms with van der Waals surface area (Å²) in [6.45, 7) is 11.0. The third kappa shape index (κ3) is 5.38. The average molecular weight is 557 g/mol. The van der Waals surface area contributed by atoms with Gasteiger partial charge in [0.25, 0.3) is 5.91 Å². The number of fused-ring (bicyclic) bond motifs is 5. The Hall–Kier alpha value is -2.19. The maximum atomic E-state index is 12.7. The predicted octanol–water partition coefficient (Wildman–Crippen LogP) is 5.01. The van der Waals surface area contributed by atoms with Gasteiger partial charge in [-0.05, 0) is 113 Å². The largest absolute Gasteiger partial charge is 0.481 e. The van der Waals surface area contributed by atoms with Crippen molar-refractivity contribution in [2.45, 2.75) is 110 Å². The molecule has 5 aliphatic rings. The number of ether oxygens (including phenoxy) is 1. The van der Waals surface area contributed by atoms with Crippen LogP contribution < -0.4 is 5.32 Å². The van der Waals surface area contributed by atoms with E-state index in [1.54, 1.807) is 0 Å². The molecule has 40 heavy (non-hydrogen) atoms. The van der Waals surface area contributed by atoms with Crippen LogP contribution in [0.4, 0.5) is 0 Å². The molecule has 1 heterocycles. The van der Waals surface area contributed by atoms with Crippen LogP contribution in [0, 0.1) is 34.5 Å². The molecule has 1 aliphatic heterocycles. The maximum Gasteiger partial charge on any atom is 0.305 e. The summed E-state index contributed by atoms with van der Waals surface area (Å²) in [4.78, 5) is 29.6. The summed E-state index contributed by atoms with van der Waals surface area (Å²) < 4.78 is 5.77. The van der Waals surface area contributed by atoms with E-state index in [-0.39, 0.29) is 41.3 Å². The molecule has 0 aromatic carbocycles. The number of rotatable bonds is 7. The van der Waals surface area contributed by atoms with Crippen molar-refractivity contribution in [3.63, 3.8) is 0 Å². The lowest BCUT2D eigenvalue weighted by molar-refractivity contribution is -0.139. The third-order valence-corrected chi connectivity index (χ3v) is 11.5. The molecule has 222 valence electrons. The molecule has 1 saturated heterocycles. The molecule has 8 atom stereocenters. The zero-order chi connectivity index (χ0) is 28.9. The van der Waals surface area contributed by atoms with Gasteiger partial charge in [0.2, 0.25) is 0 Å². The number of amides is 1. The number of allylic oxidation sites excluding steroid dienone is 4. The summed E-state index contributed by atoms with van der Waals surface area (Å²) >= 11 is 0. The van der Waals surface area contributed by atoms with E-state index in [0.29, 0.717) is 42.9 Å². The molecule has 3 N–H and O–H groups in total. The van der Waals surface area contributed by atoms with Gasteiger partial charge in [0, 0.05) is 18.1 Å². The number of aliphatic carboxylic acids is 1. The number of carboxylic acid groups (broad SMARTS) is 1. The number of hydrogen-bond donors (Lipinski definition) is 3. The van der Waals surface area contributed by atoms with E-state index in [9.17, 15) is 19.8 Å². The summed E-state index contributed by atoms with van der Waals surface area (Å²) in [5.74, 6) is 0.483. The number of aliphatic hydroxyl groups is 1. The Morgan fingerprint density at radius 3 is 2.60 bits per heavy atom. The number of nitrogens with zero attached hydrogens (tertiary/aromatic N) is 1. The van der Waals surface area contributed by atoms with Crippen LogP contribution >= 0.6 is 0 Å². The molecule has 5 rings (SSSR count). The second kappa shape index (κ2) is 10.6. The van der Waals surface area contributed by atoms with Crippen molar-refractivity contribution in [1.82, 2.24) is 5.32 Å². The first-order valence-corrected chi connectivity index (χ1v) is 15.2. The first kappa shape index (κ1) is 29.3. The van der Waals surface area contributed by atoms with Crippen LogP contribution in [0.3, 0.4) is 0 Å². The lowest BCUT2D eigenvalue weighted by Crippen LogP contribution is -2.53. The number of carbonyl (C=O) groups excluding carboxylic acids is 1. The molecule has 0 spiro atoms. The second-order valence-corrected chi connectivity index (χ2v) is 14.4. The van der Waals surface area contributed by atoms with Gasteiger partial charge in [-0.3, -0.25) is 9.59 Å². The summed E-state index contributed by atoms with van der Waals surface area (Å²) in [5.41, 5.74) is 1.17. The zero-order valence-electron chi connectivity index (χ0n) is 24.9. The summed E-state index contributed by atoms with van der Waals surface area (Å²) in [6.07, 6.45) is 14.0.